The third-order valence-electron chi connectivity index (χ3n) is 6.39. The van der Waals surface area contributed by atoms with Crippen LogP contribution in [0.3, 0.4) is 0 Å². The Morgan fingerprint density at radius 2 is 1.84 bits per heavy atom. The van der Waals surface area contributed by atoms with Gasteiger partial charge in [0.2, 0.25) is 5.95 Å². The third-order valence-corrected chi connectivity index (χ3v) is 6.39. The van der Waals surface area contributed by atoms with Gasteiger partial charge in [-0.15, -0.1) is 0 Å². The van der Waals surface area contributed by atoms with Crippen molar-refractivity contribution in [1.82, 2.24) is 19.8 Å². The van der Waals surface area contributed by atoms with Crippen LogP contribution >= 0.6 is 0 Å². The summed E-state index contributed by atoms with van der Waals surface area (Å²) < 4.78 is 10.7. The van der Waals surface area contributed by atoms with E-state index in [9.17, 15) is 4.79 Å². The zero-order valence-electron chi connectivity index (χ0n) is 19.5. The van der Waals surface area contributed by atoms with E-state index in [0.717, 1.165) is 31.3 Å². The molecule has 2 saturated heterocycles. The molecule has 0 saturated carbocycles. The first kappa shape index (κ1) is 22.3. The van der Waals surface area contributed by atoms with Crippen LogP contribution in [0.1, 0.15) is 34.8 Å². The number of likely N-dealkylation sites (tertiary alicyclic amines) is 1. The number of hydrogen-bond donors (Lipinski definition) is 0. The van der Waals surface area contributed by atoms with Crippen molar-refractivity contribution in [3.63, 3.8) is 0 Å². The van der Waals surface area contributed by atoms with Gasteiger partial charge in [0.15, 0.2) is 11.5 Å². The molecule has 1 aromatic heterocycles. The van der Waals surface area contributed by atoms with Crippen molar-refractivity contribution in [2.75, 3.05) is 65.9 Å². The summed E-state index contributed by atoms with van der Waals surface area (Å²) in [6.45, 7) is 4.25. The quantitative estimate of drug-likeness (QED) is 0.656. The predicted octanol–water partition coefficient (Wildman–Crippen LogP) is 2.51. The summed E-state index contributed by atoms with van der Waals surface area (Å²) in [6, 6.07) is 7.35. The molecule has 32 heavy (non-hydrogen) atoms. The van der Waals surface area contributed by atoms with Crippen LogP contribution in [-0.4, -0.2) is 86.7 Å². The van der Waals surface area contributed by atoms with Crippen molar-refractivity contribution >= 4 is 11.9 Å². The van der Waals surface area contributed by atoms with Gasteiger partial charge in [-0.2, -0.15) is 0 Å². The molecule has 0 bridgehead atoms. The number of hydrogen-bond acceptors (Lipinski definition) is 7. The normalized spacial score (nSPS) is 20.8. The molecule has 2 aliphatic heterocycles. The number of amides is 1. The summed E-state index contributed by atoms with van der Waals surface area (Å²) in [4.78, 5) is 29.2. The number of rotatable bonds is 7. The van der Waals surface area contributed by atoms with Gasteiger partial charge in [0.25, 0.3) is 5.91 Å². The molecule has 0 aliphatic carbocycles. The number of methoxy groups -OCH3 is 2. The molecule has 0 unspecified atom stereocenters. The number of aromatic nitrogens is 2. The van der Waals surface area contributed by atoms with E-state index in [0.29, 0.717) is 36.1 Å². The molecule has 0 N–H and O–H groups in total. The fraction of sp³-hybridized carbons (Fsp3) is 0.542. The zero-order valence-corrected chi connectivity index (χ0v) is 19.5. The molecule has 1 amide bonds. The molecule has 0 radical (unpaired) electrons. The molecular weight excluding hydrogens is 406 g/mol. The van der Waals surface area contributed by atoms with E-state index >= 15 is 0 Å². The first-order chi connectivity index (χ1) is 15.5. The van der Waals surface area contributed by atoms with Crippen molar-refractivity contribution in [2.24, 2.45) is 5.92 Å². The Bertz CT molecular complexity index is 945. The molecule has 1 aromatic carbocycles. The molecule has 0 spiro atoms. The van der Waals surface area contributed by atoms with Crippen LogP contribution in [0.2, 0.25) is 0 Å². The molecule has 8 heteroatoms. The molecule has 2 fully saturated rings. The molecule has 2 aromatic rings. The molecular formula is C24H33N5O3. The van der Waals surface area contributed by atoms with E-state index < -0.39 is 0 Å². The molecule has 2 aliphatic rings. The zero-order chi connectivity index (χ0) is 22.7. The molecule has 172 valence electrons. The summed E-state index contributed by atoms with van der Waals surface area (Å²) in [6.07, 6.45) is 4.24. The second kappa shape index (κ2) is 9.73. The molecule has 4 rings (SSSR count). The Hall–Kier alpha value is -2.87. The SMILES string of the molecule is COc1ccc(C(=O)N2C[C@@H](CN(C)C)[C@H](c3ccnc(N4CCCC4)n3)C2)cc1OC. The highest BCUT2D eigenvalue weighted by atomic mass is 16.5. The lowest BCUT2D eigenvalue weighted by molar-refractivity contribution is 0.0783. The van der Waals surface area contributed by atoms with Crippen LogP contribution in [0, 0.1) is 5.92 Å². The number of carbonyl (C=O) groups is 1. The number of anilines is 1. The Labute approximate surface area is 190 Å². The summed E-state index contributed by atoms with van der Waals surface area (Å²) >= 11 is 0. The minimum Gasteiger partial charge on any atom is -0.493 e. The van der Waals surface area contributed by atoms with Crippen molar-refractivity contribution in [3.05, 3.63) is 41.7 Å². The highest BCUT2D eigenvalue weighted by Gasteiger charge is 2.38. The van der Waals surface area contributed by atoms with E-state index in [1.54, 1.807) is 32.4 Å². The fourth-order valence-corrected chi connectivity index (χ4v) is 4.82. The van der Waals surface area contributed by atoms with Gasteiger partial charge in [-0.1, -0.05) is 0 Å². The Balaban J connectivity index is 1.57. The smallest absolute Gasteiger partial charge is 0.254 e. The average molecular weight is 440 g/mol. The van der Waals surface area contributed by atoms with Gasteiger partial charge >= 0.3 is 0 Å². The van der Waals surface area contributed by atoms with Gasteiger partial charge in [-0.25, -0.2) is 9.97 Å². The lowest BCUT2D eigenvalue weighted by Gasteiger charge is -2.22. The first-order valence-corrected chi connectivity index (χ1v) is 11.2. The van der Waals surface area contributed by atoms with Crippen molar-refractivity contribution < 1.29 is 14.3 Å². The van der Waals surface area contributed by atoms with Gasteiger partial charge in [-0.3, -0.25) is 4.79 Å². The first-order valence-electron chi connectivity index (χ1n) is 11.2. The van der Waals surface area contributed by atoms with Gasteiger partial charge in [0.05, 0.1) is 19.9 Å². The maximum Gasteiger partial charge on any atom is 0.254 e. The summed E-state index contributed by atoms with van der Waals surface area (Å²) in [7, 11) is 7.32. The van der Waals surface area contributed by atoms with E-state index in [2.05, 4.69) is 28.9 Å². The maximum atomic E-state index is 13.4. The summed E-state index contributed by atoms with van der Waals surface area (Å²) in [5, 5.41) is 0. The minimum atomic E-state index is 0.00558. The van der Waals surface area contributed by atoms with Gasteiger partial charge in [0, 0.05) is 50.4 Å². The molecule has 3 heterocycles. The van der Waals surface area contributed by atoms with Crippen LogP contribution in [-0.2, 0) is 0 Å². The molecule has 8 nitrogen and oxygen atoms in total. The lowest BCUT2D eigenvalue weighted by Crippen LogP contribution is -2.30. The number of nitrogens with zero attached hydrogens (tertiary/aromatic N) is 5. The average Bonchev–Trinajstić information content (AvgIpc) is 3.48. The maximum absolute atomic E-state index is 13.4. The second-order valence-electron chi connectivity index (χ2n) is 8.88. The van der Waals surface area contributed by atoms with E-state index in [-0.39, 0.29) is 11.8 Å². The standard InChI is InChI=1S/C24H33N5O3/c1-27(2)14-18-15-29(23(30)17-7-8-21(31-3)22(13-17)32-4)16-19(18)20-9-10-25-24(26-20)28-11-5-6-12-28/h7-10,13,18-19H,5-6,11-12,14-16H2,1-4H3/t18-,19-/m1/s1. The van der Waals surface area contributed by atoms with E-state index in [1.165, 1.54) is 12.8 Å². The lowest BCUT2D eigenvalue weighted by atomic mass is 9.92. The Morgan fingerprint density at radius 1 is 1.09 bits per heavy atom. The second-order valence-corrected chi connectivity index (χ2v) is 8.88. The minimum absolute atomic E-state index is 0.00558. The Kier molecular flexibility index (Phi) is 6.79. The summed E-state index contributed by atoms with van der Waals surface area (Å²) in [5.41, 5.74) is 1.63. The molecule has 2 atom stereocenters. The predicted molar refractivity (Wildman–Crippen MR) is 124 cm³/mol. The van der Waals surface area contributed by atoms with Crippen molar-refractivity contribution in [2.45, 2.75) is 18.8 Å². The monoisotopic (exact) mass is 439 g/mol. The van der Waals surface area contributed by atoms with Gasteiger partial charge in [-0.05, 0) is 57.1 Å². The fourth-order valence-electron chi connectivity index (χ4n) is 4.82. The van der Waals surface area contributed by atoms with Crippen molar-refractivity contribution in [3.8, 4) is 11.5 Å². The van der Waals surface area contributed by atoms with Crippen LogP contribution in [0.15, 0.2) is 30.5 Å². The number of carbonyl (C=O) groups excluding carboxylic acids is 1. The van der Waals surface area contributed by atoms with Gasteiger partial charge in [0.1, 0.15) is 0 Å². The van der Waals surface area contributed by atoms with E-state index in [4.69, 9.17) is 14.5 Å². The van der Waals surface area contributed by atoms with E-state index in [1.807, 2.05) is 17.2 Å². The number of ether oxygens (including phenoxy) is 2. The third kappa shape index (κ3) is 4.65. The summed E-state index contributed by atoms with van der Waals surface area (Å²) in [5.74, 6) is 2.47. The van der Waals surface area contributed by atoms with Crippen molar-refractivity contribution in [1.29, 1.82) is 0 Å². The largest absolute Gasteiger partial charge is 0.493 e. The van der Waals surface area contributed by atoms with Crippen LogP contribution in [0.25, 0.3) is 0 Å². The highest BCUT2D eigenvalue weighted by Crippen LogP contribution is 2.35. The number of benzene rings is 1. The van der Waals surface area contributed by atoms with Crippen LogP contribution < -0.4 is 14.4 Å². The van der Waals surface area contributed by atoms with Crippen LogP contribution in [0.4, 0.5) is 5.95 Å². The topological polar surface area (TPSA) is 71.0 Å². The van der Waals surface area contributed by atoms with Gasteiger partial charge < -0.3 is 24.2 Å². The highest BCUT2D eigenvalue weighted by molar-refractivity contribution is 5.95. The Morgan fingerprint density at radius 3 is 2.53 bits per heavy atom. The van der Waals surface area contributed by atoms with Crippen LogP contribution in [0.5, 0.6) is 11.5 Å².